The maximum atomic E-state index is 15.2. The number of ether oxygens (including phenoxy) is 1. The summed E-state index contributed by atoms with van der Waals surface area (Å²) in [7, 11) is 0. The molecule has 2 aromatic rings. The van der Waals surface area contributed by atoms with E-state index >= 15 is 4.39 Å². The molecular weight excluding hydrogens is 514 g/mol. The molecule has 0 bridgehead atoms. The van der Waals surface area contributed by atoms with E-state index in [1.807, 2.05) is 0 Å². The largest absolute Gasteiger partial charge is 0.446 e. The number of alkyl halides is 3. The van der Waals surface area contributed by atoms with Gasteiger partial charge in [-0.3, -0.25) is 24.7 Å². The number of aromatic nitrogens is 2. The average molecular weight is 535 g/mol. The summed E-state index contributed by atoms with van der Waals surface area (Å²) in [5.41, 5.74) is -1.07. The molecule has 10 nitrogen and oxygen atoms in total. The van der Waals surface area contributed by atoms with E-state index in [0.29, 0.717) is 5.56 Å². The molecule has 200 valence electrons. The van der Waals surface area contributed by atoms with Crippen molar-refractivity contribution in [3.63, 3.8) is 0 Å². The fraction of sp³-hybridized carbons (Fsp3) is 0.417. The Morgan fingerprint density at radius 2 is 1.89 bits per heavy atom. The smallest absolute Gasteiger partial charge is 0.435 e. The molecule has 1 aliphatic carbocycles. The summed E-state index contributed by atoms with van der Waals surface area (Å²) in [5.74, 6) is -3.13. The third-order valence-electron chi connectivity index (χ3n) is 6.88. The minimum absolute atomic E-state index is 0.0117. The number of rotatable bonds is 5. The SMILES string of the molecule is O=C1CC[C@@H](N2Cc3ccc(CNC(=O)OC4CC(c5nccnc5C(F)(F)F)C4)c(F)c3C2=O)C(=O)N1. The van der Waals surface area contributed by atoms with Gasteiger partial charge >= 0.3 is 12.3 Å². The van der Waals surface area contributed by atoms with Gasteiger partial charge in [0, 0.05) is 43.4 Å². The van der Waals surface area contributed by atoms with Crippen molar-refractivity contribution in [1.29, 1.82) is 0 Å². The number of piperidine rings is 1. The summed E-state index contributed by atoms with van der Waals surface area (Å²) in [5, 5.41) is 4.56. The van der Waals surface area contributed by atoms with Crippen LogP contribution in [-0.4, -0.2) is 50.8 Å². The Morgan fingerprint density at radius 1 is 1.16 bits per heavy atom. The van der Waals surface area contributed by atoms with Crippen LogP contribution in [0, 0.1) is 5.82 Å². The van der Waals surface area contributed by atoms with Crippen molar-refractivity contribution in [1.82, 2.24) is 25.5 Å². The third-order valence-corrected chi connectivity index (χ3v) is 6.88. The van der Waals surface area contributed by atoms with Gasteiger partial charge in [0.2, 0.25) is 11.8 Å². The number of amides is 4. The minimum Gasteiger partial charge on any atom is -0.446 e. The van der Waals surface area contributed by atoms with Crippen LogP contribution in [0.2, 0.25) is 0 Å². The van der Waals surface area contributed by atoms with Gasteiger partial charge in [0.25, 0.3) is 5.91 Å². The van der Waals surface area contributed by atoms with Crippen LogP contribution in [-0.2, 0) is 33.6 Å². The van der Waals surface area contributed by atoms with E-state index in [1.54, 1.807) is 0 Å². The fourth-order valence-electron chi connectivity index (χ4n) is 4.90. The lowest BCUT2D eigenvalue weighted by molar-refractivity contribution is -0.143. The van der Waals surface area contributed by atoms with Crippen LogP contribution in [0.25, 0.3) is 0 Å². The fourth-order valence-corrected chi connectivity index (χ4v) is 4.90. The van der Waals surface area contributed by atoms with E-state index < -0.39 is 59.6 Å². The van der Waals surface area contributed by atoms with Gasteiger partial charge in [-0.05, 0) is 24.8 Å². The zero-order valence-corrected chi connectivity index (χ0v) is 19.7. The van der Waals surface area contributed by atoms with Gasteiger partial charge in [0.05, 0.1) is 11.3 Å². The molecule has 4 amide bonds. The van der Waals surface area contributed by atoms with E-state index in [-0.39, 0.29) is 55.6 Å². The van der Waals surface area contributed by atoms with Gasteiger partial charge in [-0.1, -0.05) is 12.1 Å². The van der Waals surface area contributed by atoms with Crippen molar-refractivity contribution in [2.45, 2.75) is 63.0 Å². The third kappa shape index (κ3) is 4.77. The molecule has 14 heteroatoms. The van der Waals surface area contributed by atoms with E-state index in [0.717, 1.165) is 6.20 Å². The van der Waals surface area contributed by atoms with Gasteiger partial charge in [-0.15, -0.1) is 0 Å². The lowest BCUT2D eigenvalue weighted by Gasteiger charge is -2.34. The molecule has 5 rings (SSSR count). The Hall–Kier alpha value is -4.10. The van der Waals surface area contributed by atoms with Gasteiger partial charge in [0.15, 0.2) is 5.69 Å². The monoisotopic (exact) mass is 535 g/mol. The Kier molecular flexibility index (Phi) is 6.49. The highest BCUT2D eigenvalue weighted by Gasteiger charge is 2.43. The van der Waals surface area contributed by atoms with Crippen molar-refractivity contribution in [2.75, 3.05) is 0 Å². The number of nitrogens with one attached hydrogen (secondary N) is 2. The lowest BCUT2D eigenvalue weighted by atomic mass is 9.79. The molecule has 1 atom stereocenters. The number of nitrogens with zero attached hydrogens (tertiary/aromatic N) is 3. The van der Waals surface area contributed by atoms with E-state index in [9.17, 15) is 32.3 Å². The standard InChI is InChI=1S/C24H21F4N5O5/c25-18-11(1-2-12-10-33(22(36)17(12)18)15-3-4-16(34)32-21(15)35)9-31-23(37)38-14-7-13(8-14)19-20(24(26,27)28)30-6-5-29-19/h1-2,5-6,13-15H,3-4,7-10H2,(H,31,37)(H,32,34,35)/t13?,14?,15-/m1/s1. The Balaban J connectivity index is 1.16. The summed E-state index contributed by atoms with van der Waals surface area (Å²) in [6.07, 6.45) is -3.57. The van der Waals surface area contributed by atoms with Crippen LogP contribution in [0.5, 0.6) is 0 Å². The maximum absolute atomic E-state index is 15.2. The van der Waals surface area contributed by atoms with E-state index in [2.05, 4.69) is 20.6 Å². The molecule has 1 saturated heterocycles. The minimum atomic E-state index is -4.65. The molecule has 2 aliphatic heterocycles. The molecule has 0 spiro atoms. The lowest BCUT2D eigenvalue weighted by Crippen LogP contribution is -2.52. The predicted octanol–water partition coefficient (Wildman–Crippen LogP) is 2.57. The number of carbonyl (C=O) groups is 4. The number of halogens is 4. The summed E-state index contributed by atoms with van der Waals surface area (Å²) in [6, 6.07) is 2.05. The molecule has 1 aromatic carbocycles. The molecule has 0 unspecified atom stereocenters. The first kappa shape index (κ1) is 25.5. The molecule has 0 radical (unpaired) electrons. The van der Waals surface area contributed by atoms with Gasteiger partial charge in [-0.2, -0.15) is 13.2 Å². The molecule has 2 fully saturated rings. The molecule has 3 heterocycles. The predicted molar refractivity (Wildman–Crippen MR) is 119 cm³/mol. The highest BCUT2D eigenvalue weighted by atomic mass is 19.4. The average Bonchev–Trinajstić information content (AvgIpc) is 3.17. The summed E-state index contributed by atoms with van der Waals surface area (Å²) >= 11 is 0. The van der Waals surface area contributed by atoms with E-state index in [1.165, 1.54) is 23.2 Å². The molecule has 3 aliphatic rings. The number of alkyl carbamates (subject to hydrolysis) is 1. The molecule has 1 saturated carbocycles. The Labute approximate surface area is 212 Å². The number of hydrogen-bond acceptors (Lipinski definition) is 7. The summed E-state index contributed by atoms with van der Waals surface area (Å²) < 4.78 is 59.8. The van der Waals surface area contributed by atoms with Gasteiger partial charge < -0.3 is 15.0 Å². The number of imide groups is 1. The maximum Gasteiger partial charge on any atom is 0.435 e. The van der Waals surface area contributed by atoms with Crippen molar-refractivity contribution >= 4 is 23.8 Å². The second-order valence-corrected chi connectivity index (χ2v) is 9.31. The number of hydrogen-bond donors (Lipinski definition) is 2. The first-order valence-corrected chi connectivity index (χ1v) is 11.8. The zero-order chi connectivity index (χ0) is 27.2. The number of benzene rings is 1. The Bertz CT molecular complexity index is 1330. The quantitative estimate of drug-likeness (QED) is 0.445. The summed E-state index contributed by atoms with van der Waals surface area (Å²) in [4.78, 5) is 57.0. The van der Waals surface area contributed by atoms with Crippen LogP contribution in [0.3, 0.4) is 0 Å². The normalized spacial score (nSPS) is 23.0. The first-order chi connectivity index (χ1) is 18.0. The molecular formula is C24H21F4N5O5. The Morgan fingerprint density at radius 3 is 2.61 bits per heavy atom. The van der Waals surface area contributed by atoms with Crippen molar-refractivity contribution in [3.8, 4) is 0 Å². The van der Waals surface area contributed by atoms with E-state index in [4.69, 9.17) is 4.74 Å². The van der Waals surface area contributed by atoms with Gasteiger partial charge in [0.1, 0.15) is 18.0 Å². The molecule has 38 heavy (non-hydrogen) atoms. The van der Waals surface area contributed by atoms with Crippen molar-refractivity contribution in [3.05, 3.63) is 58.4 Å². The highest BCUT2D eigenvalue weighted by molar-refractivity contribution is 6.05. The van der Waals surface area contributed by atoms with Crippen LogP contribution in [0.1, 0.15) is 64.5 Å². The number of carbonyl (C=O) groups excluding carboxylic acids is 4. The highest BCUT2D eigenvalue weighted by Crippen LogP contribution is 2.42. The number of fused-ring (bicyclic) bond motifs is 1. The topological polar surface area (TPSA) is 131 Å². The van der Waals surface area contributed by atoms with Crippen LogP contribution in [0.15, 0.2) is 24.5 Å². The van der Waals surface area contributed by atoms with Crippen LogP contribution < -0.4 is 10.6 Å². The van der Waals surface area contributed by atoms with Crippen molar-refractivity contribution in [2.24, 2.45) is 0 Å². The van der Waals surface area contributed by atoms with Crippen LogP contribution in [0.4, 0.5) is 22.4 Å². The molecule has 2 N–H and O–H groups in total. The van der Waals surface area contributed by atoms with Gasteiger partial charge in [-0.25, -0.2) is 14.2 Å². The second kappa shape index (κ2) is 9.65. The second-order valence-electron chi connectivity index (χ2n) is 9.31. The van der Waals surface area contributed by atoms with Crippen molar-refractivity contribution < 1.29 is 41.5 Å². The van der Waals surface area contributed by atoms with Crippen LogP contribution >= 0.6 is 0 Å². The zero-order valence-electron chi connectivity index (χ0n) is 19.7. The summed E-state index contributed by atoms with van der Waals surface area (Å²) in [6.45, 7) is -0.292. The first-order valence-electron chi connectivity index (χ1n) is 11.8. The molecule has 1 aromatic heterocycles.